The van der Waals surface area contributed by atoms with Crippen LogP contribution in [0.1, 0.15) is 6.92 Å². The van der Waals surface area contributed by atoms with Gasteiger partial charge in [-0.3, -0.25) is 0 Å². The summed E-state index contributed by atoms with van der Waals surface area (Å²) in [6.07, 6.45) is 0. The predicted molar refractivity (Wildman–Crippen MR) is 80.2 cm³/mol. The van der Waals surface area contributed by atoms with Crippen LogP contribution in [0.5, 0.6) is 5.75 Å². The predicted octanol–water partition coefficient (Wildman–Crippen LogP) is 4.72. The SMILES string of the molecule is CCOc1cc(Sc2ccc(Br)cc2)c(N)cc1F. The number of anilines is 1. The zero-order chi connectivity index (χ0) is 13.8. The van der Waals surface area contributed by atoms with Crippen molar-refractivity contribution in [2.45, 2.75) is 16.7 Å². The molecule has 0 saturated carbocycles. The molecule has 0 aliphatic rings. The van der Waals surface area contributed by atoms with Gasteiger partial charge in [-0.1, -0.05) is 27.7 Å². The largest absolute Gasteiger partial charge is 0.491 e. The van der Waals surface area contributed by atoms with Crippen LogP contribution in [0.2, 0.25) is 0 Å². The van der Waals surface area contributed by atoms with Crippen LogP contribution in [0.25, 0.3) is 0 Å². The van der Waals surface area contributed by atoms with Crippen LogP contribution in [-0.4, -0.2) is 6.61 Å². The fraction of sp³-hybridized carbons (Fsp3) is 0.143. The van der Waals surface area contributed by atoms with E-state index in [0.29, 0.717) is 12.3 Å². The van der Waals surface area contributed by atoms with Gasteiger partial charge in [0.2, 0.25) is 0 Å². The second-order valence-corrected chi connectivity index (χ2v) is 5.84. The quantitative estimate of drug-likeness (QED) is 0.817. The third-order valence-corrected chi connectivity index (χ3v) is 4.02. The highest BCUT2D eigenvalue weighted by Crippen LogP contribution is 2.36. The van der Waals surface area contributed by atoms with E-state index < -0.39 is 5.82 Å². The van der Waals surface area contributed by atoms with Crippen molar-refractivity contribution in [3.63, 3.8) is 0 Å². The highest BCUT2D eigenvalue weighted by Gasteiger charge is 2.10. The van der Waals surface area contributed by atoms with Crippen molar-refractivity contribution < 1.29 is 9.13 Å². The van der Waals surface area contributed by atoms with E-state index >= 15 is 0 Å². The molecule has 0 aliphatic heterocycles. The summed E-state index contributed by atoms with van der Waals surface area (Å²) in [5, 5.41) is 0. The Hall–Kier alpha value is -1.20. The summed E-state index contributed by atoms with van der Waals surface area (Å²) in [5.74, 6) is -0.198. The molecule has 2 aromatic carbocycles. The van der Waals surface area contributed by atoms with Crippen LogP contribution in [0.4, 0.5) is 10.1 Å². The van der Waals surface area contributed by atoms with E-state index in [1.807, 2.05) is 31.2 Å². The zero-order valence-corrected chi connectivity index (χ0v) is 12.7. The lowest BCUT2D eigenvalue weighted by molar-refractivity contribution is 0.321. The molecule has 0 atom stereocenters. The highest BCUT2D eigenvalue weighted by atomic mass is 79.9. The molecule has 0 fully saturated rings. The molecule has 2 rings (SSSR count). The van der Waals surface area contributed by atoms with E-state index in [4.69, 9.17) is 10.5 Å². The number of nitrogen functional groups attached to an aromatic ring is 1. The Labute approximate surface area is 124 Å². The number of nitrogens with two attached hydrogens (primary N) is 1. The van der Waals surface area contributed by atoms with Crippen molar-refractivity contribution in [3.8, 4) is 5.75 Å². The lowest BCUT2D eigenvalue weighted by Crippen LogP contribution is -1.97. The monoisotopic (exact) mass is 341 g/mol. The smallest absolute Gasteiger partial charge is 0.167 e. The van der Waals surface area contributed by atoms with Crippen molar-refractivity contribution in [2.75, 3.05) is 12.3 Å². The third kappa shape index (κ3) is 3.64. The van der Waals surface area contributed by atoms with E-state index in [0.717, 1.165) is 14.3 Å². The molecule has 2 aromatic rings. The van der Waals surface area contributed by atoms with Gasteiger partial charge in [0.05, 0.1) is 6.61 Å². The molecule has 19 heavy (non-hydrogen) atoms. The van der Waals surface area contributed by atoms with Gasteiger partial charge in [-0.15, -0.1) is 0 Å². The van der Waals surface area contributed by atoms with Crippen LogP contribution in [0.15, 0.2) is 50.7 Å². The minimum atomic E-state index is -0.431. The fourth-order valence-electron chi connectivity index (χ4n) is 1.53. The summed E-state index contributed by atoms with van der Waals surface area (Å²) < 4.78 is 19.8. The molecule has 0 aromatic heterocycles. The summed E-state index contributed by atoms with van der Waals surface area (Å²) in [4.78, 5) is 1.82. The van der Waals surface area contributed by atoms with E-state index in [2.05, 4.69) is 15.9 Å². The number of ether oxygens (including phenoxy) is 1. The topological polar surface area (TPSA) is 35.2 Å². The van der Waals surface area contributed by atoms with Gasteiger partial charge < -0.3 is 10.5 Å². The van der Waals surface area contributed by atoms with Crippen LogP contribution in [-0.2, 0) is 0 Å². The van der Waals surface area contributed by atoms with Gasteiger partial charge in [0.1, 0.15) is 0 Å². The lowest BCUT2D eigenvalue weighted by atomic mass is 10.3. The standard InChI is InChI=1S/C14H13BrFNOS/c1-2-18-13-8-14(12(17)7-11(13)16)19-10-5-3-9(15)4-6-10/h3-8H,2,17H2,1H3. The average Bonchev–Trinajstić information content (AvgIpc) is 2.38. The minimum Gasteiger partial charge on any atom is -0.491 e. The second-order valence-electron chi connectivity index (χ2n) is 3.81. The van der Waals surface area contributed by atoms with Crippen LogP contribution >= 0.6 is 27.7 Å². The first kappa shape index (κ1) is 14.2. The van der Waals surface area contributed by atoms with Gasteiger partial charge in [0.25, 0.3) is 0 Å². The van der Waals surface area contributed by atoms with Gasteiger partial charge in [0, 0.05) is 26.0 Å². The maximum Gasteiger partial charge on any atom is 0.167 e. The van der Waals surface area contributed by atoms with Crippen molar-refractivity contribution in [1.29, 1.82) is 0 Å². The molecule has 0 amide bonds. The Morgan fingerprint density at radius 2 is 1.95 bits per heavy atom. The van der Waals surface area contributed by atoms with Gasteiger partial charge in [-0.2, -0.15) is 0 Å². The molecule has 0 heterocycles. The van der Waals surface area contributed by atoms with Crippen LogP contribution in [0.3, 0.4) is 0 Å². The molecule has 100 valence electrons. The van der Waals surface area contributed by atoms with Crippen molar-refractivity contribution in [1.82, 2.24) is 0 Å². The normalized spacial score (nSPS) is 10.5. The zero-order valence-electron chi connectivity index (χ0n) is 10.3. The van der Waals surface area contributed by atoms with Gasteiger partial charge in [-0.25, -0.2) is 4.39 Å². The molecular weight excluding hydrogens is 329 g/mol. The fourth-order valence-corrected chi connectivity index (χ4v) is 2.67. The minimum absolute atomic E-state index is 0.233. The summed E-state index contributed by atoms with van der Waals surface area (Å²) in [6, 6.07) is 10.8. The number of hydrogen-bond donors (Lipinski definition) is 1. The number of hydrogen-bond acceptors (Lipinski definition) is 3. The summed E-state index contributed by atoms with van der Waals surface area (Å²) in [6.45, 7) is 2.24. The molecule has 2 N–H and O–H groups in total. The Bertz CT molecular complexity index is 574. The Morgan fingerprint density at radius 1 is 1.26 bits per heavy atom. The molecule has 2 nitrogen and oxygen atoms in total. The first-order valence-corrected chi connectivity index (χ1v) is 7.36. The van der Waals surface area contributed by atoms with E-state index in [-0.39, 0.29) is 5.75 Å². The van der Waals surface area contributed by atoms with E-state index in [1.165, 1.54) is 17.8 Å². The first-order chi connectivity index (χ1) is 9.10. The van der Waals surface area contributed by atoms with Gasteiger partial charge in [-0.05, 0) is 37.3 Å². The molecule has 0 bridgehead atoms. The van der Waals surface area contributed by atoms with Gasteiger partial charge >= 0.3 is 0 Å². The third-order valence-electron chi connectivity index (χ3n) is 2.41. The molecular formula is C14H13BrFNOS. The molecule has 0 aliphatic carbocycles. The first-order valence-electron chi connectivity index (χ1n) is 5.75. The number of benzene rings is 2. The molecule has 0 radical (unpaired) electrons. The molecule has 5 heteroatoms. The molecule has 0 unspecified atom stereocenters. The maximum atomic E-state index is 13.6. The van der Waals surface area contributed by atoms with Crippen molar-refractivity contribution >= 4 is 33.4 Å². The molecule has 0 saturated heterocycles. The lowest BCUT2D eigenvalue weighted by Gasteiger charge is -2.10. The van der Waals surface area contributed by atoms with Gasteiger partial charge in [0.15, 0.2) is 11.6 Å². The number of halogens is 2. The summed E-state index contributed by atoms with van der Waals surface area (Å²) in [5.41, 5.74) is 6.25. The summed E-state index contributed by atoms with van der Waals surface area (Å²) >= 11 is 4.86. The Morgan fingerprint density at radius 3 is 2.58 bits per heavy atom. The Balaban J connectivity index is 2.28. The summed E-state index contributed by atoms with van der Waals surface area (Å²) in [7, 11) is 0. The number of rotatable bonds is 4. The maximum absolute atomic E-state index is 13.6. The van der Waals surface area contributed by atoms with E-state index in [9.17, 15) is 4.39 Å². The molecule has 0 spiro atoms. The van der Waals surface area contributed by atoms with Crippen molar-refractivity contribution in [3.05, 3.63) is 46.7 Å². The van der Waals surface area contributed by atoms with E-state index in [1.54, 1.807) is 6.07 Å². The van der Waals surface area contributed by atoms with Crippen LogP contribution < -0.4 is 10.5 Å². The second kappa shape index (κ2) is 6.30. The Kier molecular flexibility index (Phi) is 4.71. The average molecular weight is 342 g/mol. The van der Waals surface area contributed by atoms with Crippen molar-refractivity contribution in [2.24, 2.45) is 0 Å². The highest BCUT2D eigenvalue weighted by molar-refractivity contribution is 9.10. The van der Waals surface area contributed by atoms with Crippen LogP contribution in [0, 0.1) is 5.82 Å².